The maximum atomic E-state index is 13.2. The zero-order valence-corrected chi connectivity index (χ0v) is 21.5. The van der Waals surface area contributed by atoms with E-state index in [1.807, 2.05) is 23.7 Å². The Morgan fingerprint density at radius 2 is 1.86 bits per heavy atom. The van der Waals surface area contributed by atoms with Crippen LogP contribution in [0.15, 0.2) is 59.4 Å². The molecule has 1 N–H and O–H groups in total. The molecule has 36 heavy (non-hydrogen) atoms. The summed E-state index contributed by atoms with van der Waals surface area (Å²) in [5.74, 6) is 1.18. The van der Waals surface area contributed by atoms with Crippen LogP contribution in [0, 0.1) is 12.8 Å². The average molecular weight is 485 g/mol. The van der Waals surface area contributed by atoms with Gasteiger partial charge in [0.2, 0.25) is 0 Å². The Hall–Kier alpha value is -3.32. The number of nitrogens with zero attached hydrogens (tertiary/aromatic N) is 5. The normalized spacial score (nSPS) is 15.4. The third-order valence-corrected chi connectivity index (χ3v) is 7.49. The molecule has 0 aliphatic heterocycles. The summed E-state index contributed by atoms with van der Waals surface area (Å²) in [7, 11) is 0. The molecule has 0 amide bonds. The largest absolute Gasteiger partial charge is 0.322 e. The molecule has 0 radical (unpaired) electrons. The molecule has 5 rings (SSSR count). The molecule has 1 unspecified atom stereocenters. The third kappa shape index (κ3) is 5.26. The van der Waals surface area contributed by atoms with Crippen LogP contribution >= 0.6 is 0 Å². The minimum atomic E-state index is -0.0118. The van der Waals surface area contributed by atoms with Gasteiger partial charge in [-0.3, -0.25) is 9.69 Å². The molecule has 7 heteroatoms. The van der Waals surface area contributed by atoms with E-state index in [0.717, 1.165) is 53.7 Å². The molecule has 1 saturated carbocycles. The molecule has 2 aromatic carbocycles. The van der Waals surface area contributed by atoms with Crippen molar-refractivity contribution >= 4 is 10.9 Å². The summed E-state index contributed by atoms with van der Waals surface area (Å²) in [6.07, 6.45) is 5.59. The number of tetrazole rings is 1. The number of aryl methyl sites for hydroxylation is 3. The molecule has 1 aliphatic rings. The van der Waals surface area contributed by atoms with Gasteiger partial charge in [0.1, 0.15) is 0 Å². The van der Waals surface area contributed by atoms with Crippen LogP contribution in [0.4, 0.5) is 0 Å². The SMILES string of the molecule is Cc1ccc2cc(CN(C3CCCC3)C(c3nnnn3CCc3ccccc3)C(C)C)c(=O)[nH]c2c1. The van der Waals surface area contributed by atoms with Crippen molar-refractivity contribution in [3.8, 4) is 0 Å². The minimum Gasteiger partial charge on any atom is -0.322 e. The molecule has 1 aliphatic carbocycles. The molecule has 2 heterocycles. The standard InChI is InChI=1S/C29H36N6O/c1-20(2)27(28-31-32-33-35(28)16-15-22-9-5-4-6-10-22)34(25-11-7-8-12-25)19-24-18-23-14-13-21(3)17-26(23)30-29(24)36/h4-6,9-10,13-14,17-18,20,25,27H,7-8,11-12,15-16,19H2,1-3H3,(H,30,36). The maximum Gasteiger partial charge on any atom is 0.252 e. The first-order chi connectivity index (χ1) is 17.5. The van der Waals surface area contributed by atoms with E-state index >= 15 is 0 Å². The van der Waals surface area contributed by atoms with Crippen molar-refractivity contribution in [1.82, 2.24) is 30.1 Å². The zero-order chi connectivity index (χ0) is 25.1. The summed E-state index contributed by atoms with van der Waals surface area (Å²) < 4.78 is 1.97. The first kappa shape index (κ1) is 24.4. The highest BCUT2D eigenvalue weighted by atomic mass is 16.1. The second-order valence-electron chi connectivity index (χ2n) is 10.5. The molecule has 0 spiro atoms. The van der Waals surface area contributed by atoms with Crippen LogP contribution in [0.5, 0.6) is 0 Å². The first-order valence-electron chi connectivity index (χ1n) is 13.2. The molecule has 2 aromatic heterocycles. The Balaban J connectivity index is 1.48. The third-order valence-electron chi connectivity index (χ3n) is 7.49. The van der Waals surface area contributed by atoms with Crippen LogP contribution in [0.2, 0.25) is 0 Å². The van der Waals surface area contributed by atoms with E-state index in [0.29, 0.717) is 12.6 Å². The quantitative estimate of drug-likeness (QED) is 0.353. The average Bonchev–Trinajstić information content (AvgIpc) is 3.56. The highest BCUT2D eigenvalue weighted by molar-refractivity contribution is 5.79. The van der Waals surface area contributed by atoms with Crippen LogP contribution in [-0.2, 0) is 19.5 Å². The summed E-state index contributed by atoms with van der Waals surface area (Å²) >= 11 is 0. The van der Waals surface area contributed by atoms with Gasteiger partial charge in [0, 0.05) is 30.2 Å². The number of aromatic amines is 1. The molecule has 0 bridgehead atoms. The Kier molecular flexibility index (Phi) is 7.28. The van der Waals surface area contributed by atoms with Gasteiger partial charge in [-0.1, -0.05) is 69.2 Å². The Labute approximate surface area is 212 Å². The van der Waals surface area contributed by atoms with Crippen molar-refractivity contribution in [1.29, 1.82) is 0 Å². The molecule has 4 aromatic rings. The van der Waals surface area contributed by atoms with E-state index in [-0.39, 0.29) is 17.5 Å². The van der Waals surface area contributed by atoms with E-state index in [4.69, 9.17) is 0 Å². The van der Waals surface area contributed by atoms with Crippen molar-refractivity contribution < 1.29 is 0 Å². The van der Waals surface area contributed by atoms with Gasteiger partial charge in [-0.05, 0) is 71.2 Å². The zero-order valence-electron chi connectivity index (χ0n) is 21.5. The molecular formula is C29H36N6O. The number of nitrogens with one attached hydrogen (secondary N) is 1. The van der Waals surface area contributed by atoms with E-state index in [9.17, 15) is 4.79 Å². The van der Waals surface area contributed by atoms with Crippen molar-refractivity contribution in [3.05, 3.63) is 87.5 Å². The predicted molar refractivity (Wildman–Crippen MR) is 143 cm³/mol. The topological polar surface area (TPSA) is 79.7 Å². The van der Waals surface area contributed by atoms with E-state index in [1.165, 1.54) is 18.4 Å². The highest BCUT2D eigenvalue weighted by Gasteiger charge is 2.35. The number of rotatable bonds is 9. The molecule has 188 valence electrons. The lowest BCUT2D eigenvalue weighted by atomic mass is 9.97. The summed E-state index contributed by atoms with van der Waals surface area (Å²) in [6.45, 7) is 7.82. The minimum absolute atomic E-state index is 0.0118. The van der Waals surface area contributed by atoms with Gasteiger partial charge in [-0.25, -0.2) is 4.68 Å². The number of hydrogen-bond acceptors (Lipinski definition) is 5. The lowest BCUT2D eigenvalue weighted by Crippen LogP contribution is -2.41. The van der Waals surface area contributed by atoms with Crippen molar-refractivity contribution in [3.63, 3.8) is 0 Å². The van der Waals surface area contributed by atoms with E-state index in [1.54, 1.807) is 0 Å². The lowest BCUT2D eigenvalue weighted by Gasteiger charge is -2.38. The van der Waals surface area contributed by atoms with Crippen LogP contribution in [0.25, 0.3) is 10.9 Å². The van der Waals surface area contributed by atoms with Gasteiger partial charge in [-0.15, -0.1) is 5.10 Å². The maximum absolute atomic E-state index is 13.2. The van der Waals surface area contributed by atoms with E-state index < -0.39 is 0 Å². The monoisotopic (exact) mass is 484 g/mol. The highest BCUT2D eigenvalue weighted by Crippen LogP contribution is 2.36. The molecule has 1 fully saturated rings. The summed E-state index contributed by atoms with van der Waals surface area (Å²) in [6, 6.07) is 19.2. The van der Waals surface area contributed by atoms with Crippen LogP contribution in [0.3, 0.4) is 0 Å². The van der Waals surface area contributed by atoms with Gasteiger partial charge < -0.3 is 4.98 Å². The van der Waals surface area contributed by atoms with Crippen LogP contribution < -0.4 is 5.56 Å². The summed E-state index contributed by atoms with van der Waals surface area (Å²) in [4.78, 5) is 18.8. The van der Waals surface area contributed by atoms with Crippen LogP contribution in [0.1, 0.15) is 68.1 Å². The second-order valence-corrected chi connectivity index (χ2v) is 10.5. The fourth-order valence-corrected chi connectivity index (χ4v) is 5.66. The van der Waals surface area contributed by atoms with Gasteiger partial charge in [-0.2, -0.15) is 0 Å². The fraction of sp³-hybridized carbons (Fsp3) is 0.448. The number of hydrogen-bond donors (Lipinski definition) is 1. The fourth-order valence-electron chi connectivity index (χ4n) is 5.66. The van der Waals surface area contributed by atoms with Crippen LogP contribution in [-0.4, -0.2) is 36.1 Å². The predicted octanol–water partition coefficient (Wildman–Crippen LogP) is 5.21. The molecule has 0 saturated heterocycles. The number of pyridine rings is 1. The summed E-state index contributed by atoms with van der Waals surface area (Å²) in [5, 5.41) is 14.1. The Morgan fingerprint density at radius 3 is 2.61 bits per heavy atom. The second kappa shape index (κ2) is 10.7. The lowest BCUT2D eigenvalue weighted by molar-refractivity contribution is 0.0840. The first-order valence-corrected chi connectivity index (χ1v) is 13.2. The van der Waals surface area contributed by atoms with Crippen molar-refractivity contribution in [2.75, 3.05) is 0 Å². The van der Waals surface area contributed by atoms with Crippen molar-refractivity contribution in [2.24, 2.45) is 5.92 Å². The Bertz CT molecular complexity index is 1350. The molecular weight excluding hydrogens is 448 g/mol. The number of fused-ring (bicyclic) bond motifs is 1. The Morgan fingerprint density at radius 1 is 1.08 bits per heavy atom. The van der Waals surface area contributed by atoms with Gasteiger partial charge in [0.15, 0.2) is 5.82 Å². The van der Waals surface area contributed by atoms with Gasteiger partial charge >= 0.3 is 0 Å². The molecule has 1 atom stereocenters. The molecule has 7 nitrogen and oxygen atoms in total. The number of aromatic nitrogens is 5. The summed E-state index contributed by atoms with van der Waals surface area (Å²) in [5.41, 5.74) is 4.09. The van der Waals surface area contributed by atoms with E-state index in [2.05, 4.69) is 81.7 Å². The van der Waals surface area contributed by atoms with Gasteiger partial charge in [0.05, 0.1) is 6.04 Å². The van der Waals surface area contributed by atoms with Crippen molar-refractivity contribution in [2.45, 2.75) is 78.0 Å². The number of H-pyrrole nitrogens is 1. The van der Waals surface area contributed by atoms with Gasteiger partial charge in [0.25, 0.3) is 5.56 Å². The number of benzene rings is 2. The smallest absolute Gasteiger partial charge is 0.252 e.